The van der Waals surface area contributed by atoms with E-state index < -0.39 is 4.92 Å². The third kappa shape index (κ3) is 3.59. The van der Waals surface area contributed by atoms with E-state index >= 15 is 0 Å². The minimum Gasteiger partial charge on any atom is -0.487 e. The second-order valence-electron chi connectivity index (χ2n) is 3.79. The van der Waals surface area contributed by atoms with Crippen molar-refractivity contribution < 1.29 is 9.66 Å². The summed E-state index contributed by atoms with van der Waals surface area (Å²) >= 11 is 11.8. The van der Waals surface area contributed by atoms with Gasteiger partial charge in [0.25, 0.3) is 5.69 Å². The first-order chi connectivity index (χ1) is 9.06. The molecule has 0 spiro atoms. The number of ether oxygens (including phenoxy) is 1. The molecule has 0 aliphatic rings. The van der Waals surface area contributed by atoms with Gasteiger partial charge in [0.05, 0.1) is 9.95 Å². The van der Waals surface area contributed by atoms with Crippen LogP contribution in [0.15, 0.2) is 42.5 Å². The number of nitrogens with zero attached hydrogens (tertiary/aromatic N) is 1. The highest BCUT2D eigenvalue weighted by molar-refractivity contribution is 6.34. The van der Waals surface area contributed by atoms with E-state index in [-0.39, 0.29) is 12.3 Å². The number of benzene rings is 2. The lowest BCUT2D eigenvalue weighted by Gasteiger charge is -2.08. The number of halogens is 2. The summed E-state index contributed by atoms with van der Waals surface area (Å²) in [6, 6.07) is 11.1. The Morgan fingerprint density at radius 2 is 1.79 bits per heavy atom. The second kappa shape index (κ2) is 5.91. The molecular weight excluding hydrogens is 289 g/mol. The minimum absolute atomic E-state index is 0.0459. The van der Waals surface area contributed by atoms with Crippen molar-refractivity contribution in [3.05, 3.63) is 68.2 Å². The summed E-state index contributed by atoms with van der Waals surface area (Å²) in [5.74, 6) is 0.479. The summed E-state index contributed by atoms with van der Waals surface area (Å²) in [6.07, 6.45) is 0. The number of nitro groups is 1. The Labute approximate surface area is 119 Å². The summed E-state index contributed by atoms with van der Waals surface area (Å²) < 4.78 is 5.52. The van der Waals surface area contributed by atoms with E-state index in [9.17, 15) is 10.1 Å². The van der Waals surface area contributed by atoms with Crippen LogP contribution in [-0.2, 0) is 6.61 Å². The normalized spacial score (nSPS) is 10.2. The van der Waals surface area contributed by atoms with E-state index in [2.05, 4.69) is 0 Å². The zero-order valence-corrected chi connectivity index (χ0v) is 11.2. The van der Waals surface area contributed by atoms with Crippen molar-refractivity contribution in [1.82, 2.24) is 0 Å². The molecule has 0 aliphatic heterocycles. The van der Waals surface area contributed by atoms with Gasteiger partial charge in [-0.25, -0.2) is 0 Å². The molecule has 0 bridgehead atoms. The van der Waals surface area contributed by atoms with E-state index in [4.69, 9.17) is 27.9 Å². The Morgan fingerprint density at radius 3 is 2.42 bits per heavy atom. The van der Waals surface area contributed by atoms with Crippen molar-refractivity contribution in [3.63, 3.8) is 0 Å². The van der Waals surface area contributed by atoms with Gasteiger partial charge in [-0.3, -0.25) is 10.1 Å². The molecule has 2 aromatic carbocycles. The summed E-state index contributed by atoms with van der Waals surface area (Å²) in [5, 5.41) is 11.5. The largest absolute Gasteiger partial charge is 0.487 e. The summed E-state index contributed by atoms with van der Waals surface area (Å²) in [4.78, 5) is 10.1. The summed E-state index contributed by atoms with van der Waals surface area (Å²) in [6.45, 7) is 0.262. The van der Waals surface area contributed by atoms with E-state index in [1.54, 1.807) is 30.3 Å². The van der Waals surface area contributed by atoms with Gasteiger partial charge in [0.2, 0.25) is 0 Å². The van der Waals surface area contributed by atoms with Crippen LogP contribution in [0.1, 0.15) is 5.56 Å². The monoisotopic (exact) mass is 297 g/mol. The number of rotatable bonds is 4. The summed E-state index contributed by atoms with van der Waals surface area (Å²) in [7, 11) is 0. The Morgan fingerprint density at radius 1 is 1.11 bits per heavy atom. The zero-order valence-electron chi connectivity index (χ0n) is 9.68. The fourth-order valence-corrected chi connectivity index (χ4v) is 1.80. The molecule has 6 heteroatoms. The molecule has 0 N–H and O–H groups in total. The highest BCUT2D eigenvalue weighted by atomic mass is 35.5. The van der Waals surface area contributed by atoms with Gasteiger partial charge in [0.1, 0.15) is 12.4 Å². The first-order valence-electron chi connectivity index (χ1n) is 5.37. The molecule has 0 heterocycles. The van der Waals surface area contributed by atoms with Crippen LogP contribution >= 0.6 is 23.2 Å². The summed E-state index contributed by atoms with van der Waals surface area (Å²) in [5.41, 5.74) is 0.853. The lowest BCUT2D eigenvalue weighted by atomic mass is 10.2. The molecule has 0 atom stereocenters. The minimum atomic E-state index is -0.446. The van der Waals surface area contributed by atoms with E-state index in [0.29, 0.717) is 15.8 Å². The Balaban J connectivity index is 2.06. The van der Waals surface area contributed by atoms with Crippen LogP contribution in [-0.4, -0.2) is 4.92 Å². The second-order valence-corrected chi connectivity index (χ2v) is 4.63. The quantitative estimate of drug-likeness (QED) is 0.617. The van der Waals surface area contributed by atoms with Crippen LogP contribution in [0, 0.1) is 10.1 Å². The van der Waals surface area contributed by atoms with Crippen molar-refractivity contribution in [2.75, 3.05) is 0 Å². The molecule has 0 radical (unpaired) electrons. The molecule has 2 rings (SSSR count). The maximum atomic E-state index is 10.5. The lowest BCUT2D eigenvalue weighted by molar-refractivity contribution is -0.384. The molecule has 98 valence electrons. The number of hydrogen-bond donors (Lipinski definition) is 0. The average molecular weight is 298 g/mol. The van der Waals surface area contributed by atoms with Gasteiger partial charge in [-0.1, -0.05) is 23.2 Å². The predicted octanol–water partition coefficient (Wildman–Crippen LogP) is 4.48. The van der Waals surface area contributed by atoms with Gasteiger partial charge < -0.3 is 4.74 Å². The molecule has 2 aromatic rings. The predicted molar refractivity (Wildman–Crippen MR) is 73.9 cm³/mol. The van der Waals surface area contributed by atoms with Crippen LogP contribution in [0.3, 0.4) is 0 Å². The van der Waals surface area contributed by atoms with Gasteiger partial charge >= 0.3 is 0 Å². The SMILES string of the molecule is O=[N+]([O-])c1ccc(COc2cc(Cl)ccc2Cl)cc1. The van der Waals surface area contributed by atoms with Gasteiger partial charge in [0, 0.05) is 23.2 Å². The van der Waals surface area contributed by atoms with Crippen molar-refractivity contribution in [3.8, 4) is 5.75 Å². The topological polar surface area (TPSA) is 52.4 Å². The van der Waals surface area contributed by atoms with Crippen LogP contribution in [0.2, 0.25) is 10.0 Å². The maximum Gasteiger partial charge on any atom is 0.269 e. The molecule has 19 heavy (non-hydrogen) atoms. The standard InChI is InChI=1S/C13H9Cl2NO3/c14-10-3-6-12(15)13(7-10)19-8-9-1-4-11(5-2-9)16(17)18/h1-7H,8H2. The van der Waals surface area contributed by atoms with Crippen molar-refractivity contribution in [1.29, 1.82) is 0 Å². The van der Waals surface area contributed by atoms with Gasteiger partial charge in [-0.05, 0) is 29.8 Å². The molecule has 0 unspecified atom stereocenters. The Bertz CT molecular complexity index is 599. The zero-order chi connectivity index (χ0) is 13.8. The van der Waals surface area contributed by atoms with E-state index in [0.717, 1.165) is 5.56 Å². The van der Waals surface area contributed by atoms with Crippen molar-refractivity contribution in [2.24, 2.45) is 0 Å². The first-order valence-corrected chi connectivity index (χ1v) is 6.13. The van der Waals surface area contributed by atoms with Gasteiger partial charge in [-0.2, -0.15) is 0 Å². The van der Waals surface area contributed by atoms with Crippen molar-refractivity contribution in [2.45, 2.75) is 6.61 Å². The van der Waals surface area contributed by atoms with Crippen molar-refractivity contribution >= 4 is 28.9 Å². The Kier molecular flexibility index (Phi) is 4.24. The van der Waals surface area contributed by atoms with Crippen LogP contribution < -0.4 is 4.74 Å². The van der Waals surface area contributed by atoms with Crippen LogP contribution in [0.25, 0.3) is 0 Å². The highest BCUT2D eigenvalue weighted by Gasteiger charge is 2.06. The lowest BCUT2D eigenvalue weighted by Crippen LogP contribution is -1.96. The molecule has 4 nitrogen and oxygen atoms in total. The molecule has 0 aliphatic carbocycles. The van der Waals surface area contributed by atoms with Gasteiger partial charge in [0.15, 0.2) is 0 Å². The molecule has 0 amide bonds. The fraction of sp³-hybridized carbons (Fsp3) is 0.0769. The van der Waals surface area contributed by atoms with Gasteiger partial charge in [-0.15, -0.1) is 0 Å². The molecular formula is C13H9Cl2NO3. The number of nitro benzene ring substituents is 1. The molecule has 0 fully saturated rings. The third-order valence-corrected chi connectivity index (χ3v) is 2.98. The van der Waals surface area contributed by atoms with E-state index in [1.165, 1.54) is 12.1 Å². The molecule has 0 saturated heterocycles. The fourth-order valence-electron chi connectivity index (χ4n) is 1.46. The smallest absolute Gasteiger partial charge is 0.269 e. The molecule has 0 saturated carbocycles. The third-order valence-electron chi connectivity index (χ3n) is 2.43. The van der Waals surface area contributed by atoms with E-state index in [1.807, 2.05) is 0 Å². The number of non-ortho nitro benzene ring substituents is 1. The number of hydrogen-bond acceptors (Lipinski definition) is 3. The average Bonchev–Trinajstić information content (AvgIpc) is 2.40. The van der Waals surface area contributed by atoms with Crippen LogP contribution in [0.4, 0.5) is 5.69 Å². The van der Waals surface area contributed by atoms with Crippen LogP contribution in [0.5, 0.6) is 5.75 Å². The highest BCUT2D eigenvalue weighted by Crippen LogP contribution is 2.28. The first kappa shape index (κ1) is 13.6. The Hall–Kier alpha value is -1.78. The maximum absolute atomic E-state index is 10.5. The molecule has 0 aromatic heterocycles.